The molecule has 1 fully saturated rings. The van der Waals surface area contributed by atoms with Crippen LogP contribution in [0.15, 0.2) is 0 Å². The topological polar surface area (TPSA) is 35.5 Å². The number of hydrogen-bond donors (Lipinski definition) is 0. The molecular formula is C6H8O3. The van der Waals surface area contributed by atoms with Crippen LogP contribution in [-0.4, -0.2) is 12.3 Å². The van der Waals surface area contributed by atoms with Crippen molar-refractivity contribution >= 4 is 6.16 Å². The highest BCUT2D eigenvalue weighted by atomic mass is 16.7. The summed E-state index contributed by atoms with van der Waals surface area (Å²) in [6.45, 7) is 0. The molecule has 0 amide bonds. The molecule has 0 atom stereocenters. The minimum absolute atomic E-state index is 0.0565. The predicted octanol–water partition coefficient (Wildman–Crippen LogP) is 1.36. The summed E-state index contributed by atoms with van der Waals surface area (Å²) in [6, 6.07) is 0. The van der Waals surface area contributed by atoms with Crippen LogP contribution in [0.1, 0.15) is 19.3 Å². The molecule has 3 heteroatoms. The zero-order valence-electron chi connectivity index (χ0n) is 5.00. The van der Waals surface area contributed by atoms with Crippen LogP contribution in [0.25, 0.3) is 0 Å². The third-order valence-corrected chi connectivity index (χ3v) is 1.41. The first-order chi connectivity index (χ1) is 4.33. The van der Waals surface area contributed by atoms with Crippen molar-refractivity contribution in [1.82, 2.24) is 0 Å². The van der Waals surface area contributed by atoms with Crippen molar-refractivity contribution < 1.29 is 14.3 Å². The lowest BCUT2D eigenvalue weighted by atomic mass is 9.96. The number of hydrogen-bond acceptors (Lipinski definition) is 3. The van der Waals surface area contributed by atoms with Gasteiger partial charge in [0.25, 0.3) is 0 Å². The Balaban J connectivity index is 2.09. The van der Waals surface area contributed by atoms with Gasteiger partial charge in [0.15, 0.2) is 7.11 Å². The molecule has 1 aliphatic rings. The molecule has 3 nitrogen and oxygen atoms in total. The van der Waals surface area contributed by atoms with Gasteiger partial charge in [0, 0.05) is 0 Å². The van der Waals surface area contributed by atoms with Crippen molar-refractivity contribution in [3.8, 4) is 0 Å². The van der Waals surface area contributed by atoms with Gasteiger partial charge in [0.1, 0.15) is 6.10 Å². The van der Waals surface area contributed by atoms with E-state index in [1.807, 2.05) is 0 Å². The Morgan fingerprint density at radius 1 is 1.56 bits per heavy atom. The van der Waals surface area contributed by atoms with Crippen LogP contribution >= 0.6 is 0 Å². The molecule has 50 valence electrons. The molecule has 0 spiro atoms. The summed E-state index contributed by atoms with van der Waals surface area (Å²) in [5.74, 6) is 0. The number of carbonyl (C=O) groups excluding carboxylic acids is 1. The maximum absolute atomic E-state index is 10.2. The zero-order valence-corrected chi connectivity index (χ0v) is 5.00. The lowest BCUT2D eigenvalue weighted by Gasteiger charge is -2.23. The first kappa shape index (κ1) is 6.39. The largest absolute Gasteiger partial charge is 0.509 e. The SMILES string of the molecule is [CH]OC(=O)OC1CCC1. The maximum atomic E-state index is 10.2. The first-order valence-electron chi connectivity index (χ1n) is 2.90. The summed E-state index contributed by atoms with van der Waals surface area (Å²) >= 11 is 0. The van der Waals surface area contributed by atoms with Gasteiger partial charge < -0.3 is 9.47 Å². The molecule has 0 heterocycles. The Morgan fingerprint density at radius 3 is 2.56 bits per heavy atom. The fourth-order valence-electron chi connectivity index (χ4n) is 0.653. The molecular weight excluding hydrogens is 120 g/mol. The Kier molecular flexibility index (Phi) is 1.92. The van der Waals surface area contributed by atoms with Crippen LogP contribution in [0.4, 0.5) is 4.79 Å². The number of ether oxygens (including phenoxy) is 2. The molecule has 0 unspecified atom stereocenters. The molecule has 0 aliphatic heterocycles. The fraction of sp³-hybridized carbons (Fsp3) is 0.667. The van der Waals surface area contributed by atoms with Gasteiger partial charge in [0.05, 0.1) is 0 Å². The van der Waals surface area contributed by atoms with Crippen molar-refractivity contribution in [2.75, 3.05) is 0 Å². The highest BCUT2D eigenvalue weighted by Crippen LogP contribution is 2.21. The summed E-state index contributed by atoms with van der Waals surface area (Å²) in [7, 11) is 4.52. The van der Waals surface area contributed by atoms with Crippen molar-refractivity contribution in [3.05, 3.63) is 7.11 Å². The molecule has 0 bridgehead atoms. The normalized spacial score (nSPS) is 18.3. The second-order valence-electron chi connectivity index (χ2n) is 2.04. The average Bonchev–Trinajstić information content (AvgIpc) is 1.78. The fourth-order valence-corrected chi connectivity index (χ4v) is 0.653. The van der Waals surface area contributed by atoms with Crippen molar-refractivity contribution in [3.63, 3.8) is 0 Å². The lowest BCUT2D eigenvalue weighted by molar-refractivity contribution is 0.0126. The van der Waals surface area contributed by atoms with Gasteiger partial charge in [-0.25, -0.2) is 4.79 Å². The number of carbonyl (C=O) groups is 1. The predicted molar refractivity (Wildman–Crippen MR) is 29.5 cm³/mol. The van der Waals surface area contributed by atoms with Crippen LogP contribution in [0.3, 0.4) is 0 Å². The molecule has 0 aromatic carbocycles. The molecule has 0 N–H and O–H groups in total. The molecule has 1 saturated carbocycles. The Hall–Kier alpha value is -0.730. The van der Waals surface area contributed by atoms with Crippen molar-refractivity contribution in [2.24, 2.45) is 0 Å². The second kappa shape index (κ2) is 2.71. The Morgan fingerprint density at radius 2 is 2.22 bits per heavy atom. The number of rotatable bonds is 1. The van der Waals surface area contributed by atoms with Crippen molar-refractivity contribution in [2.45, 2.75) is 25.4 Å². The van der Waals surface area contributed by atoms with Crippen LogP contribution in [0.2, 0.25) is 0 Å². The standard InChI is InChI=1S/C6H8O3/c1-8-6(7)9-5-3-2-4-5/h1,5H,2-4H2. The van der Waals surface area contributed by atoms with E-state index < -0.39 is 6.16 Å². The summed E-state index contributed by atoms with van der Waals surface area (Å²) in [5.41, 5.74) is 0. The van der Waals surface area contributed by atoms with E-state index in [0.29, 0.717) is 0 Å². The van der Waals surface area contributed by atoms with Crippen LogP contribution < -0.4 is 0 Å². The van der Waals surface area contributed by atoms with E-state index in [0.717, 1.165) is 19.3 Å². The smallest absolute Gasteiger partial charge is 0.431 e. The molecule has 9 heavy (non-hydrogen) atoms. The van der Waals surface area contributed by atoms with Gasteiger partial charge in [0.2, 0.25) is 0 Å². The van der Waals surface area contributed by atoms with Gasteiger partial charge in [-0.2, -0.15) is 0 Å². The Labute approximate surface area is 53.9 Å². The van der Waals surface area contributed by atoms with Crippen LogP contribution in [0, 0.1) is 7.11 Å². The third-order valence-electron chi connectivity index (χ3n) is 1.41. The molecule has 0 saturated heterocycles. The first-order valence-corrected chi connectivity index (χ1v) is 2.90. The van der Waals surface area contributed by atoms with E-state index in [-0.39, 0.29) is 6.10 Å². The summed E-state index contributed by atoms with van der Waals surface area (Å²) in [4.78, 5) is 10.2. The van der Waals surface area contributed by atoms with Gasteiger partial charge >= 0.3 is 6.16 Å². The van der Waals surface area contributed by atoms with E-state index >= 15 is 0 Å². The van der Waals surface area contributed by atoms with Crippen LogP contribution in [0.5, 0.6) is 0 Å². The molecule has 2 radical (unpaired) electrons. The van der Waals surface area contributed by atoms with E-state index in [9.17, 15) is 4.79 Å². The summed E-state index contributed by atoms with van der Waals surface area (Å²) in [6.07, 6.45) is 2.29. The van der Waals surface area contributed by atoms with Gasteiger partial charge in [-0.15, -0.1) is 0 Å². The minimum atomic E-state index is -0.778. The highest BCUT2D eigenvalue weighted by Gasteiger charge is 2.21. The van der Waals surface area contributed by atoms with E-state index in [1.165, 1.54) is 0 Å². The van der Waals surface area contributed by atoms with Gasteiger partial charge in [-0.1, -0.05) is 0 Å². The third kappa shape index (κ3) is 1.59. The molecule has 0 aromatic heterocycles. The maximum Gasteiger partial charge on any atom is 0.509 e. The average molecular weight is 128 g/mol. The highest BCUT2D eigenvalue weighted by molar-refractivity contribution is 5.60. The van der Waals surface area contributed by atoms with E-state index in [1.54, 1.807) is 0 Å². The van der Waals surface area contributed by atoms with E-state index in [4.69, 9.17) is 0 Å². The summed E-state index contributed by atoms with van der Waals surface area (Å²) in [5, 5.41) is 0. The molecule has 1 aliphatic carbocycles. The quantitative estimate of drug-likeness (QED) is 0.500. The molecule has 0 aromatic rings. The summed E-state index contributed by atoms with van der Waals surface area (Å²) < 4.78 is 8.44. The minimum Gasteiger partial charge on any atom is -0.431 e. The van der Waals surface area contributed by atoms with Gasteiger partial charge in [-0.3, -0.25) is 0 Å². The monoisotopic (exact) mass is 128 g/mol. The van der Waals surface area contributed by atoms with E-state index in [2.05, 4.69) is 16.6 Å². The van der Waals surface area contributed by atoms with Crippen LogP contribution in [-0.2, 0) is 9.47 Å². The van der Waals surface area contributed by atoms with Crippen molar-refractivity contribution in [1.29, 1.82) is 0 Å². The lowest BCUT2D eigenvalue weighted by Crippen LogP contribution is -2.24. The second-order valence-corrected chi connectivity index (χ2v) is 2.04. The molecule has 1 rings (SSSR count). The zero-order chi connectivity index (χ0) is 6.69. The van der Waals surface area contributed by atoms with Gasteiger partial charge in [-0.05, 0) is 19.3 Å². The Bertz CT molecular complexity index is 107.